The molecule has 2 aromatic rings. The van der Waals surface area contributed by atoms with Crippen LogP contribution in [-0.4, -0.2) is 12.2 Å². The molecule has 0 amide bonds. The number of methoxy groups -OCH3 is 1. The van der Waals surface area contributed by atoms with Crippen LogP contribution in [0.15, 0.2) is 54.6 Å². The van der Waals surface area contributed by atoms with Gasteiger partial charge in [-0.3, -0.25) is 0 Å². The zero-order valence-electron chi connectivity index (χ0n) is 12.3. The molecule has 0 spiro atoms. The summed E-state index contributed by atoms with van der Waals surface area (Å²) in [7, 11) is 1.65. The van der Waals surface area contributed by atoms with E-state index in [0.29, 0.717) is 12.3 Å². The molecule has 1 N–H and O–H groups in total. The normalized spacial score (nSPS) is 14.1. The van der Waals surface area contributed by atoms with E-state index in [1.54, 1.807) is 7.11 Å². The third-order valence-corrected chi connectivity index (χ3v) is 3.52. The Morgan fingerprint density at radius 3 is 2.00 bits per heavy atom. The lowest BCUT2D eigenvalue weighted by molar-refractivity contribution is 0.0574. The fourth-order valence-corrected chi connectivity index (χ4v) is 2.57. The summed E-state index contributed by atoms with van der Waals surface area (Å²) in [5, 5.41) is 11.2. The predicted molar refractivity (Wildman–Crippen MR) is 81.9 cm³/mol. The van der Waals surface area contributed by atoms with Crippen molar-refractivity contribution in [2.45, 2.75) is 25.9 Å². The molecule has 0 heterocycles. The molecule has 0 aliphatic rings. The summed E-state index contributed by atoms with van der Waals surface area (Å²) in [6, 6.07) is 17.5. The highest BCUT2D eigenvalue weighted by Gasteiger charge is 2.32. The number of hydrogen-bond donors (Lipinski definition) is 1. The zero-order valence-corrected chi connectivity index (χ0v) is 12.3. The molecule has 0 saturated carbocycles. The molecule has 0 saturated heterocycles. The summed E-state index contributed by atoms with van der Waals surface area (Å²) in [4.78, 5) is 0. The van der Waals surface area contributed by atoms with E-state index < -0.39 is 5.60 Å². The number of hydrogen-bond acceptors (Lipinski definition) is 2. The van der Waals surface area contributed by atoms with E-state index in [1.165, 1.54) is 0 Å². The maximum Gasteiger partial charge on any atom is 0.118 e. The Morgan fingerprint density at radius 2 is 1.50 bits per heavy atom. The van der Waals surface area contributed by atoms with Gasteiger partial charge < -0.3 is 9.84 Å². The van der Waals surface area contributed by atoms with E-state index in [2.05, 4.69) is 13.8 Å². The molecule has 0 radical (unpaired) electrons. The van der Waals surface area contributed by atoms with E-state index >= 15 is 0 Å². The van der Waals surface area contributed by atoms with Crippen molar-refractivity contribution in [2.75, 3.05) is 7.11 Å². The monoisotopic (exact) mass is 270 g/mol. The first-order valence-electron chi connectivity index (χ1n) is 6.98. The summed E-state index contributed by atoms with van der Waals surface area (Å²) in [5.74, 6) is 1.19. The first-order chi connectivity index (χ1) is 9.56. The van der Waals surface area contributed by atoms with Crippen molar-refractivity contribution in [2.24, 2.45) is 5.92 Å². The molecule has 1 atom stereocenters. The van der Waals surface area contributed by atoms with Crippen molar-refractivity contribution in [3.05, 3.63) is 65.7 Å². The molecule has 2 rings (SSSR count). The molecule has 0 aliphatic heterocycles. The van der Waals surface area contributed by atoms with Crippen molar-refractivity contribution in [1.82, 2.24) is 0 Å². The van der Waals surface area contributed by atoms with E-state index in [-0.39, 0.29) is 0 Å². The highest BCUT2D eigenvalue weighted by Crippen LogP contribution is 2.36. The number of rotatable bonds is 5. The van der Waals surface area contributed by atoms with Crippen molar-refractivity contribution in [1.29, 1.82) is 0 Å². The largest absolute Gasteiger partial charge is 0.497 e. The van der Waals surface area contributed by atoms with Gasteiger partial charge in [-0.1, -0.05) is 56.3 Å². The van der Waals surface area contributed by atoms with Crippen molar-refractivity contribution < 1.29 is 9.84 Å². The van der Waals surface area contributed by atoms with E-state index in [4.69, 9.17) is 4.74 Å². The van der Waals surface area contributed by atoms with Gasteiger partial charge in [0.05, 0.1) is 7.11 Å². The van der Waals surface area contributed by atoms with Gasteiger partial charge in [0.25, 0.3) is 0 Å². The highest BCUT2D eigenvalue weighted by atomic mass is 16.5. The maximum absolute atomic E-state index is 11.2. The lowest BCUT2D eigenvalue weighted by atomic mass is 9.80. The lowest BCUT2D eigenvalue weighted by Crippen LogP contribution is -2.29. The van der Waals surface area contributed by atoms with Gasteiger partial charge in [-0.2, -0.15) is 0 Å². The van der Waals surface area contributed by atoms with E-state index in [9.17, 15) is 5.11 Å². The van der Waals surface area contributed by atoms with Gasteiger partial charge in [0, 0.05) is 0 Å². The van der Waals surface area contributed by atoms with Crippen molar-refractivity contribution in [3.63, 3.8) is 0 Å². The van der Waals surface area contributed by atoms with Crippen LogP contribution in [0.1, 0.15) is 31.4 Å². The Labute approximate surface area is 121 Å². The van der Waals surface area contributed by atoms with Gasteiger partial charge in [0.15, 0.2) is 0 Å². The summed E-state index contributed by atoms with van der Waals surface area (Å²) in [6.45, 7) is 4.24. The fraction of sp³-hybridized carbons (Fsp3) is 0.333. The molecule has 2 heteroatoms. The molecular weight excluding hydrogens is 248 g/mol. The first kappa shape index (κ1) is 14.6. The van der Waals surface area contributed by atoms with Gasteiger partial charge in [0.2, 0.25) is 0 Å². The summed E-state index contributed by atoms with van der Waals surface area (Å²) < 4.78 is 5.19. The minimum Gasteiger partial charge on any atom is -0.497 e. The number of ether oxygens (including phenoxy) is 1. The topological polar surface area (TPSA) is 29.5 Å². The molecule has 0 aliphatic carbocycles. The maximum atomic E-state index is 11.2. The Morgan fingerprint density at radius 1 is 0.950 bits per heavy atom. The van der Waals surface area contributed by atoms with Gasteiger partial charge in [-0.05, 0) is 35.6 Å². The lowest BCUT2D eigenvalue weighted by Gasteiger charge is -2.31. The second kappa shape index (κ2) is 6.10. The Bertz CT molecular complexity index is 531. The van der Waals surface area contributed by atoms with Crippen LogP contribution in [0, 0.1) is 5.92 Å². The van der Waals surface area contributed by atoms with Crippen LogP contribution in [-0.2, 0) is 5.60 Å². The predicted octanol–water partition coefficient (Wildman–Crippen LogP) is 3.98. The Hall–Kier alpha value is -1.80. The summed E-state index contributed by atoms with van der Waals surface area (Å²) in [6.07, 6.45) is 0.684. The third kappa shape index (κ3) is 3.02. The SMILES string of the molecule is COc1ccc(C(O)(CC(C)C)c2ccccc2)cc1. The molecule has 0 bridgehead atoms. The Balaban J connectivity index is 2.45. The average Bonchev–Trinajstić information content (AvgIpc) is 2.47. The quantitative estimate of drug-likeness (QED) is 0.890. The Kier molecular flexibility index (Phi) is 4.46. The van der Waals surface area contributed by atoms with Crippen LogP contribution >= 0.6 is 0 Å². The van der Waals surface area contributed by atoms with Crippen molar-refractivity contribution in [3.8, 4) is 5.75 Å². The first-order valence-corrected chi connectivity index (χ1v) is 6.98. The molecule has 20 heavy (non-hydrogen) atoms. The van der Waals surface area contributed by atoms with Crippen molar-refractivity contribution >= 4 is 0 Å². The zero-order chi connectivity index (χ0) is 14.6. The fourth-order valence-electron chi connectivity index (χ4n) is 2.57. The second-order valence-corrected chi connectivity index (χ2v) is 5.55. The summed E-state index contributed by atoms with van der Waals surface area (Å²) >= 11 is 0. The molecule has 106 valence electrons. The van der Waals surface area contributed by atoms with Crippen LogP contribution in [0.3, 0.4) is 0 Å². The van der Waals surface area contributed by atoms with E-state index in [1.807, 2.05) is 54.6 Å². The number of benzene rings is 2. The molecule has 1 unspecified atom stereocenters. The third-order valence-electron chi connectivity index (χ3n) is 3.52. The van der Waals surface area contributed by atoms with Crippen LogP contribution in [0.25, 0.3) is 0 Å². The average molecular weight is 270 g/mol. The van der Waals surface area contributed by atoms with Gasteiger partial charge >= 0.3 is 0 Å². The number of aliphatic hydroxyl groups is 1. The molecular formula is C18H22O2. The van der Waals surface area contributed by atoms with Crippen LogP contribution in [0.2, 0.25) is 0 Å². The smallest absolute Gasteiger partial charge is 0.118 e. The summed E-state index contributed by atoms with van der Waals surface area (Å²) in [5.41, 5.74) is 0.874. The molecule has 2 nitrogen and oxygen atoms in total. The molecule has 0 aromatic heterocycles. The minimum absolute atomic E-state index is 0.391. The molecule has 2 aromatic carbocycles. The van der Waals surface area contributed by atoms with Gasteiger partial charge in [0.1, 0.15) is 11.4 Å². The van der Waals surface area contributed by atoms with E-state index in [0.717, 1.165) is 16.9 Å². The standard InChI is InChI=1S/C18H22O2/c1-14(2)13-18(19,15-7-5-4-6-8-15)16-9-11-17(20-3)12-10-16/h4-12,14,19H,13H2,1-3H3. The molecule has 0 fully saturated rings. The van der Waals surface area contributed by atoms with Crippen LogP contribution in [0.5, 0.6) is 5.75 Å². The van der Waals surface area contributed by atoms with Crippen LogP contribution in [0.4, 0.5) is 0 Å². The highest BCUT2D eigenvalue weighted by molar-refractivity contribution is 5.38. The second-order valence-electron chi connectivity index (χ2n) is 5.55. The van der Waals surface area contributed by atoms with Gasteiger partial charge in [-0.25, -0.2) is 0 Å². The van der Waals surface area contributed by atoms with Gasteiger partial charge in [-0.15, -0.1) is 0 Å². The van der Waals surface area contributed by atoms with Crippen LogP contribution < -0.4 is 4.74 Å². The minimum atomic E-state index is -0.957.